The van der Waals surface area contributed by atoms with Gasteiger partial charge in [0.05, 0.1) is 31.7 Å². The Morgan fingerprint density at radius 3 is 2.15 bits per heavy atom. The lowest BCUT2D eigenvalue weighted by Crippen LogP contribution is -2.14. The number of ether oxygens (including phenoxy) is 2. The number of nitrogens with one attached hydrogen (secondary N) is 1. The van der Waals surface area contributed by atoms with Crippen LogP contribution in [0.25, 0.3) is 11.1 Å². The number of aliphatic imine (C=N–C) groups is 1. The predicted molar refractivity (Wildman–Crippen MR) is 151 cm³/mol. The highest BCUT2D eigenvalue weighted by atomic mass is 32.1. The predicted octanol–water partition coefficient (Wildman–Crippen LogP) is 5.74. The monoisotopic (exact) mass is 536 g/mol. The molecule has 1 amide bonds. The Kier molecular flexibility index (Phi) is 7.65. The molecule has 3 heterocycles. The molecular formula is C29H24N6O3S. The Bertz CT molecular complexity index is 1600. The van der Waals surface area contributed by atoms with Gasteiger partial charge >= 0.3 is 0 Å². The van der Waals surface area contributed by atoms with Gasteiger partial charge in [0.2, 0.25) is 5.13 Å². The van der Waals surface area contributed by atoms with Crippen LogP contribution < -0.4 is 14.8 Å². The minimum absolute atomic E-state index is 0.311. The van der Waals surface area contributed by atoms with Crippen LogP contribution in [0.5, 0.6) is 10.9 Å². The van der Waals surface area contributed by atoms with Crippen molar-refractivity contribution in [2.75, 3.05) is 19.5 Å². The molecule has 5 aromatic rings. The van der Waals surface area contributed by atoms with Crippen LogP contribution in [-0.2, 0) is 0 Å². The Morgan fingerprint density at radius 2 is 1.54 bits per heavy atom. The number of aromatic nitrogens is 4. The first kappa shape index (κ1) is 25.7. The second-order valence-corrected chi connectivity index (χ2v) is 9.28. The molecule has 2 aromatic carbocycles. The van der Waals surface area contributed by atoms with Crippen molar-refractivity contribution in [1.29, 1.82) is 0 Å². The summed E-state index contributed by atoms with van der Waals surface area (Å²) >= 11 is 1.12. The number of anilines is 1. The van der Waals surface area contributed by atoms with E-state index in [1.165, 1.54) is 13.3 Å². The van der Waals surface area contributed by atoms with E-state index >= 15 is 0 Å². The Morgan fingerprint density at radius 1 is 0.846 bits per heavy atom. The maximum absolute atomic E-state index is 13.3. The van der Waals surface area contributed by atoms with E-state index in [0.29, 0.717) is 38.6 Å². The summed E-state index contributed by atoms with van der Waals surface area (Å²) in [7, 11) is 3.05. The summed E-state index contributed by atoms with van der Waals surface area (Å²) in [6.45, 7) is 1.86. The van der Waals surface area contributed by atoms with Crippen molar-refractivity contribution in [3.05, 3.63) is 108 Å². The third kappa shape index (κ3) is 5.81. The molecule has 0 aliphatic heterocycles. The lowest BCUT2D eigenvalue weighted by atomic mass is 9.99. The van der Waals surface area contributed by atoms with E-state index < -0.39 is 5.91 Å². The van der Waals surface area contributed by atoms with Crippen molar-refractivity contribution >= 4 is 33.9 Å². The largest absolute Gasteiger partial charge is 0.494 e. The number of aryl methyl sites for hydroxylation is 1. The van der Waals surface area contributed by atoms with Crippen molar-refractivity contribution in [2.24, 2.45) is 4.99 Å². The van der Waals surface area contributed by atoms with Crippen LogP contribution in [0.3, 0.4) is 0 Å². The van der Waals surface area contributed by atoms with Crippen LogP contribution in [0.15, 0.2) is 90.2 Å². The minimum atomic E-state index is -0.394. The molecule has 0 radical (unpaired) electrons. The average Bonchev–Trinajstić information content (AvgIpc) is 3.44. The van der Waals surface area contributed by atoms with E-state index in [-0.39, 0.29) is 0 Å². The highest BCUT2D eigenvalue weighted by Gasteiger charge is 2.20. The van der Waals surface area contributed by atoms with E-state index in [1.54, 1.807) is 13.3 Å². The molecule has 5 rings (SSSR count). The first-order valence-corrected chi connectivity index (χ1v) is 12.8. The molecule has 0 aliphatic carbocycles. The van der Waals surface area contributed by atoms with Crippen LogP contribution in [0, 0.1) is 6.92 Å². The molecule has 194 valence electrons. The van der Waals surface area contributed by atoms with Gasteiger partial charge in [0.15, 0.2) is 5.82 Å². The third-order valence-electron chi connectivity index (χ3n) is 5.77. The van der Waals surface area contributed by atoms with Crippen LogP contribution >= 0.6 is 11.3 Å². The summed E-state index contributed by atoms with van der Waals surface area (Å²) in [5.41, 5.74) is 5.02. The number of carbonyl (C=O) groups excluding carboxylic acids is 1. The molecule has 0 spiro atoms. The zero-order chi connectivity index (χ0) is 27.2. The molecule has 0 aliphatic rings. The summed E-state index contributed by atoms with van der Waals surface area (Å²) in [6.07, 6.45) is 3.13. The van der Waals surface area contributed by atoms with E-state index in [2.05, 4.69) is 25.5 Å². The van der Waals surface area contributed by atoms with Gasteiger partial charge in [0.25, 0.3) is 11.1 Å². The molecule has 1 N–H and O–H groups in total. The zero-order valence-corrected chi connectivity index (χ0v) is 22.3. The van der Waals surface area contributed by atoms with Gasteiger partial charge < -0.3 is 9.47 Å². The highest BCUT2D eigenvalue weighted by Crippen LogP contribution is 2.35. The minimum Gasteiger partial charge on any atom is -0.494 e. The molecule has 0 bridgehead atoms. The number of nitrogens with zero attached hydrogens (tertiary/aromatic N) is 5. The van der Waals surface area contributed by atoms with Crippen LogP contribution in [0.2, 0.25) is 0 Å². The lowest BCUT2D eigenvalue weighted by molar-refractivity contribution is 0.102. The fraction of sp³-hybridized carbons (Fsp3) is 0.103. The van der Waals surface area contributed by atoms with Gasteiger partial charge in [0.1, 0.15) is 5.75 Å². The number of pyridine rings is 2. The van der Waals surface area contributed by atoms with Gasteiger partial charge in [-0.2, -0.15) is 0 Å². The molecule has 0 fully saturated rings. The van der Waals surface area contributed by atoms with Crippen molar-refractivity contribution in [1.82, 2.24) is 20.2 Å². The van der Waals surface area contributed by atoms with Crippen molar-refractivity contribution in [2.45, 2.75) is 6.92 Å². The molecule has 0 atom stereocenters. The van der Waals surface area contributed by atoms with Gasteiger partial charge in [0, 0.05) is 34.1 Å². The Hall–Kier alpha value is -4.96. The summed E-state index contributed by atoms with van der Waals surface area (Å²) < 4.78 is 10.7. The van der Waals surface area contributed by atoms with Gasteiger partial charge in [-0.15, -0.1) is 5.10 Å². The zero-order valence-electron chi connectivity index (χ0n) is 21.5. The number of carbonyl (C=O) groups is 1. The van der Waals surface area contributed by atoms with Crippen molar-refractivity contribution in [3.8, 4) is 22.1 Å². The number of benzene rings is 2. The Labute approximate surface area is 229 Å². The van der Waals surface area contributed by atoms with Gasteiger partial charge in [-0.05, 0) is 30.4 Å². The molecule has 0 saturated heterocycles. The maximum Gasteiger partial charge on any atom is 0.295 e. The van der Waals surface area contributed by atoms with Crippen LogP contribution in [0.1, 0.15) is 27.2 Å². The van der Waals surface area contributed by atoms with E-state index in [9.17, 15) is 4.79 Å². The molecule has 0 unspecified atom stereocenters. The third-order valence-corrected chi connectivity index (χ3v) is 6.57. The van der Waals surface area contributed by atoms with Crippen LogP contribution in [0.4, 0.5) is 10.9 Å². The second-order valence-electron chi connectivity index (χ2n) is 8.34. The normalized spacial score (nSPS) is 10.5. The van der Waals surface area contributed by atoms with E-state index in [4.69, 9.17) is 14.5 Å². The fourth-order valence-electron chi connectivity index (χ4n) is 3.94. The maximum atomic E-state index is 13.3. The molecular weight excluding hydrogens is 512 g/mol. The van der Waals surface area contributed by atoms with Gasteiger partial charge in [-0.1, -0.05) is 65.8 Å². The first-order chi connectivity index (χ1) is 19.1. The average molecular weight is 537 g/mol. The molecule has 0 saturated carbocycles. The van der Waals surface area contributed by atoms with Crippen molar-refractivity contribution < 1.29 is 14.3 Å². The topological polar surface area (TPSA) is 111 Å². The fourth-order valence-corrected chi connectivity index (χ4v) is 4.50. The van der Waals surface area contributed by atoms with E-state index in [0.717, 1.165) is 33.9 Å². The summed E-state index contributed by atoms with van der Waals surface area (Å²) in [5.74, 6) is 0.560. The highest BCUT2D eigenvalue weighted by molar-refractivity contribution is 7.17. The summed E-state index contributed by atoms with van der Waals surface area (Å²) in [6, 6.07) is 23.5. The summed E-state index contributed by atoms with van der Waals surface area (Å²) in [4.78, 5) is 27.2. The van der Waals surface area contributed by atoms with Gasteiger partial charge in [-0.25, -0.2) is 9.98 Å². The first-order valence-electron chi connectivity index (χ1n) is 11.9. The molecule has 9 nitrogen and oxygen atoms in total. The molecule has 39 heavy (non-hydrogen) atoms. The lowest BCUT2D eigenvalue weighted by Gasteiger charge is -2.14. The summed E-state index contributed by atoms with van der Waals surface area (Å²) in [5, 5.41) is 11.2. The quantitative estimate of drug-likeness (QED) is 0.252. The number of amides is 1. The van der Waals surface area contributed by atoms with Crippen LogP contribution in [-0.4, -0.2) is 46.0 Å². The smallest absolute Gasteiger partial charge is 0.295 e. The molecule has 10 heteroatoms. The standard InChI is InChI=1S/C29H24N6O3S/c1-18-14-21(23(16-30-18)27(36)33-28-34-35-29(38-3)39-28)22-15-25(31-17-24(22)37-2)32-26(19-10-6-4-7-11-19)20-12-8-5-9-13-20/h4-17H,1-3H3,(H,33,34,36). The Balaban J connectivity index is 1.60. The SMILES string of the molecule is COc1nnc(NC(=O)c2cnc(C)cc2-c2cc(N=C(c3ccccc3)c3ccccc3)ncc2OC)s1. The number of methoxy groups -OCH3 is 2. The number of rotatable bonds is 8. The van der Waals surface area contributed by atoms with Crippen molar-refractivity contribution in [3.63, 3.8) is 0 Å². The number of hydrogen-bond donors (Lipinski definition) is 1. The number of hydrogen-bond acceptors (Lipinski definition) is 9. The molecule has 3 aromatic heterocycles. The van der Waals surface area contributed by atoms with Gasteiger partial charge in [-0.3, -0.25) is 15.1 Å². The second kappa shape index (κ2) is 11.6. The van der Waals surface area contributed by atoms with E-state index in [1.807, 2.05) is 79.7 Å².